The number of hydrogen-bond acceptors (Lipinski definition) is 2. The Hall–Kier alpha value is -2.08. The molecule has 0 spiro atoms. The van der Waals surface area contributed by atoms with Crippen molar-refractivity contribution in [2.24, 2.45) is 0 Å². The number of aromatic nitrogens is 1. The average Bonchev–Trinajstić information content (AvgIpc) is 2.35. The normalized spacial score (nSPS) is 10.3. The summed E-state index contributed by atoms with van der Waals surface area (Å²) in [4.78, 5) is 15.4. The maximum absolute atomic E-state index is 13.4. The number of amides is 1. The zero-order chi connectivity index (χ0) is 14.0. The minimum Gasteiger partial charge on any atom is -0.319 e. The minimum absolute atomic E-state index is 0.0146. The van der Waals surface area contributed by atoms with Crippen LogP contribution in [0.15, 0.2) is 30.6 Å². The van der Waals surface area contributed by atoms with E-state index in [2.05, 4.69) is 4.98 Å². The van der Waals surface area contributed by atoms with Gasteiger partial charge in [-0.25, -0.2) is 13.2 Å². The number of nitrogens with zero attached hydrogens (tertiary/aromatic N) is 1. The number of carbonyl (C=O) groups excluding carboxylic acids is 1. The average molecular weight is 287 g/mol. The molecule has 0 atom stereocenters. The number of carbonyl (C=O) groups is 1. The second-order valence-electron chi connectivity index (χ2n) is 3.56. The molecule has 1 aromatic heterocycles. The first-order valence-electron chi connectivity index (χ1n) is 5.04. The van der Waals surface area contributed by atoms with Crippen LogP contribution in [0.1, 0.15) is 10.4 Å². The van der Waals surface area contributed by atoms with Crippen molar-refractivity contribution in [3.8, 4) is 0 Å². The fourth-order valence-electron chi connectivity index (χ4n) is 1.40. The summed E-state index contributed by atoms with van der Waals surface area (Å²) in [5.41, 5.74) is -0.587. The van der Waals surface area contributed by atoms with Gasteiger partial charge in [0, 0.05) is 24.5 Å². The van der Waals surface area contributed by atoms with Crippen molar-refractivity contribution in [2.45, 2.75) is 0 Å². The first kappa shape index (κ1) is 13.4. The lowest BCUT2D eigenvalue weighted by Gasteiger charge is -2.08. The summed E-state index contributed by atoms with van der Waals surface area (Å²) < 4.78 is 39.3. The predicted octanol–water partition coefficient (Wildman–Crippen LogP) is 3.40. The molecule has 98 valence electrons. The number of hydrogen-bond donors (Lipinski definition) is 1. The number of halogens is 4. The summed E-state index contributed by atoms with van der Waals surface area (Å²) in [6.45, 7) is 0. The first-order chi connectivity index (χ1) is 8.99. The van der Waals surface area contributed by atoms with E-state index in [1.165, 1.54) is 18.5 Å². The Kier molecular flexibility index (Phi) is 3.71. The summed E-state index contributed by atoms with van der Waals surface area (Å²) in [5, 5.41) is 2.08. The molecule has 2 aromatic rings. The quantitative estimate of drug-likeness (QED) is 0.860. The zero-order valence-corrected chi connectivity index (χ0v) is 10.0. The molecule has 2 rings (SSSR count). The van der Waals surface area contributed by atoms with Crippen LogP contribution in [-0.4, -0.2) is 10.9 Å². The fraction of sp³-hybridized carbons (Fsp3) is 0. The van der Waals surface area contributed by atoms with E-state index in [4.69, 9.17) is 11.6 Å². The van der Waals surface area contributed by atoms with Crippen LogP contribution < -0.4 is 5.32 Å². The molecule has 7 heteroatoms. The van der Waals surface area contributed by atoms with Crippen LogP contribution in [0.3, 0.4) is 0 Å². The molecule has 3 nitrogen and oxygen atoms in total. The molecule has 1 amide bonds. The highest BCUT2D eigenvalue weighted by Crippen LogP contribution is 2.21. The summed E-state index contributed by atoms with van der Waals surface area (Å²) in [5.74, 6) is -4.54. The number of pyridine rings is 1. The highest BCUT2D eigenvalue weighted by atomic mass is 35.5. The Morgan fingerprint density at radius 1 is 1.26 bits per heavy atom. The molecule has 0 radical (unpaired) electrons. The first-order valence-corrected chi connectivity index (χ1v) is 5.42. The SMILES string of the molecule is O=C(Nc1cc(F)cc(F)c1F)c1ccncc1Cl. The number of rotatable bonds is 2. The molecule has 1 aromatic carbocycles. The Morgan fingerprint density at radius 2 is 2.00 bits per heavy atom. The maximum atomic E-state index is 13.4. The van der Waals surface area contributed by atoms with E-state index < -0.39 is 29.0 Å². The van der Waals surface area contributed by atoms with E-state index in [9.17, 15) is 18.0 Å². The zero-order valence-electron chi connectivity index (χ0n) is 9.25. The second kappa shape index (κ2) is 5.27. The molecule has 0 aliphatic heterocycles. The van der Waals surface area contributed by atoms with Crippen molar-refractivity contribution in [1.29, 1.82) is 0 Å². The third-order valence-electron chi connectivity index (χ3n) is 2.26. The summed E-state index contributed by atoms with van der Waals surface area (Å²) in [6.07, 6.45) is 2.53. The van der Waals surface area contributed by atoms with Gasteiger partial charge in [0.15, 0.2) is 11.6 Å². The minimum atomic E-state index is -1.39. The van der Waals surface area contributed by atoms with Crippen LogP contribution in [0.4, 0.5) is 18.9 Å². The largest absolute Gasteiger partial charge is 0.319 e. The van der Waals surface area contributed by atoms with Crippen LogP contribution in [0.5, 0.6) is 0 Å². The van der Waals surface area contributed by atoms with Gasteiger partial charge < -0.3 is 5.32 Å². The van der Waals surface area contributed by atoms with E-state index in [0.29, 0.717) is 12.1 Å². The Labute approximate surface area is 111 Å². The van der Waals surface area contributed by atoms with Crippen molar-refractivity contribution in [2.75, 3.05) is 5.32 Å². The smallest absolute Gasteiger partial charge is 0.257 e. The van der Waals surface area contributed by atoms with Crippen LogP contribution >= 0.6 is 11.6 Å². The maximum Gasteiger partial charge on any atom is 0.257 e. The summed E-state index contributed by atoms with van der Waals surface area (Å²) >= 11 is 5.72. The van der Waals surface area contributed by atoms with Crippen molar-refractivity contribution < 1.29 is 18.0 Å². The summed E-state index contributed by atoms with van der Waals surface area (Å²) in [6, 6.07) is 2.35. The van der Waals surface area contributed by atoms with Gasteiger partial charge in [-0.2, -0.15) is 0 Å². The van der Waals surface area contributed by atoms with Gasteiger partial charge in [-0.15, -0.1) is 0 Å². The van der Waals surface area contributed by atoms with E-state index in [-0.39, 0.29) is 10.6 Å². The number of anilines is 1. The highest BCUT2D eigenvalue weighted by molar-refractivity contribution is 6.34. The van der Waals surface area contributed by atoms with Crippen molar-refractivity contribution in [3.63, 3.8) is 0 Å². The van der Waals surface area contributed by atoms with Gasteiger partial charge in [0.25, 0.3) is 5.91 Å². The molecule has 0 saturated heterocycles. The molecule has 0 aliphatic carbocycles. The van der Waals surface area contributed by atoms with E-state index in [0.717, 1.165) is 0 Å². The molecular formula is C12H6ClF3N2O. The molecule has 1 heterocycles. The van der Waals surface area contributed by atoms with Crippen molar-refractivity contribution >= 4 is 23.2 Å². The van der Waals surface area contributed by atoms with Gasteiger partial charge in [0.05, 0.1) is 16.3 Å². The van der Waals surface area contributed by atoms with E-state index >= 15 is 0 Å². The standard InChI is InChI=1S/C12H6ClF3N2O/c13-8-5-17-2-1-7(8)12(19)18-10-4-6(14)3-9(15)11(10)16/h1-5H,(H,18,19). The van der Waals surface area contributed by atoms with Crippen molar-refractivity contribution in [1.82, 2.24) is 4.98 Å². The monoisotopic (exact) mass is 286 g/mol. The molecule has 0 unspecified atom stereocenters. The number of nitrogens with one attached hydrogen (secondary N) is 1. The van der Waals surface area contributed by atoms with Crippen LogP contribution in [0.25, 0.3) is 0 Å². The lowest BCUT2D eigenvalue weighted by atomic mass is 10.2. The molecule has 1 N–H and O–H groups in total. The van der Waals surface area contributed by atoms with Gasteiger partial charge in [0.2, 0.25) is 0 Å². The molecule has 0 fully saturated rings. The van der Waals surface area contributed by atoms with Gasteiger partial charge in [0.1, 0.15) is 5.82 Å². The van der Waals surface area contributed by atoms with Gasteiger partial charge >= 0.3 is 0 Å². The fourth-order valence-corrected chi connectivity index (χ4v) is 1.60. The van der Waals surface area contributed by atoms with Crippen LogP contribution in [0.2, 0.25) is 5.02 Å². The van der Waals surface area contributed by atoms with Gasteiger partial charge in [-0.1, -0.05) is 11.6 Å². The molecule has 0 aliphatic rings. The van der Waals surface area contributed by atoms with Gasteiger partial charge in [-0.3, -0.25) is 9.78 Å². The Balaban J connectivity index is 2.32. The van der Waals surface area contributed by atoms with E-state index in [1.54, 1.807) is 0 Å². The van der Waals surface area contributed by atoms with Crippen molar-refractivity contribution in [3.05, 3.63) is 58.6 Å². The topological polar surface area (TPSA) is 42.0 Å². The molecule has 19 heavy (non-hydrogen) atoms. The summed E-state index contributed by atoms with van der Waals surface area (Å²) in [7, 11) is 0. The van der Waals surface area contributed by atoms with Crippen LogP contribution in [0, 0.1) is 17.5 Å². The second-order valence-corrected chi connectivity index (χ2v) is 3.97. The third-order valence-corrected chi connectivity index (χ3v) is 2.56. The molecule has 0 bridgehead atoms. The lowest BCUT2D eigenvalue weighted by Crippen LogP contribution is -2.14. The number of benzene rings is 1. The Morgan fingerprint density at radius 3 is 2.68 bits per heavy atom. The predicted molar refractivity (Wildman–Crippen MR) is 63.5 cm³/mol. The van der Waals surface area contributed by atoms with Gasteiger partial charge in [-0.05, 0) is 6.07 Å². The molecular weight excluding hydrogens is 281 g/mol. The van der Waals surface area contributed by atoms with Crippen LogP contribution in [-0.2, 0) is 0 Å². The highest BCUT2D eigenvalue weighted by Gasteiger charge is 2.16. The Bertz CT molecular complexity index is 649. The van der Waals surface area contributed by atoms with E-state index in [1.807, 2.05) is 5.32 Å². The third kappa shape index (κ3) is 2.85. The lowest BCUT2D eigenvalue weighted by molar-refractivity contribution is 0.102. The molecule has 0 saturated carbocycles.